The van der Waals surface area contributed by atoms with Crippen LogP contribution in [-0.4, -0.2) is 79.0 Å². The van der Waals surface area contributed by atoms with Crippen LogP contribution in [0.2, 0.25) is 10.2 Å². The molecule has 0 aliphatic carbocycles. The lowest BCUT2D eigenvalue weighted by Gasteiger charge is -2.36. The van der Waals surface area contributed by atoms with Gasteiger partial charge in [-0.25, -0.2) is 9.97 Å². The number of rotatable bonds is 5. The maximum Gasteiger partial charge on any atom is 0.233 e. The molecule has 1 amide bonds. The van der Waals surface area contributed by atoms with Crippen molar-refractivity contribution in [1.29, 1.82) is 0 Å². The van der Waals surface area contributed by atoms with Crippen molar-refractivity contribution in [2.45, 2.75) is 5.16 Å². The Hall–Kier alpha value is -1.74. The molecule has 0 bridgehead atoms. The first-order valence-corrected chi connectivity index (χ1v) is 11.6. The van der Waals surface area contributed by atoms with E-state index in [1.54, 1.807) is 6.07 Å². The van der Waals surface area contributed by atoms with Gasteiger partial charge >= 0.3 is 0 Å². The molecule has 2 fully saturated rings. The fourth-order valence-corrected chi connectivity index (χ4v) is 4.68. The van der Waals surface area contributed by atoms with Crippen LogP contribution in [0.4, 0.5) is 11.5 Å². The largest absolute Gasteiger partial charge is 0.378 e. The molecule has 2 aliphatic heterocycles. The Morgan fingerprint density at radius 2 is 1.77 bits per heavy atom. The van der Waals surface area contributed by atoms with E-state index >= 15 is 0 Å². The van der Waals surface area contributed by atoms with E-state index in [1.807, 2.05) is 29.2 Å². The number of amides is 1. The van der Waals surface area contributed by atoms with Crippen molar-refractivity contribution in [2.24, 2.45) is 0 Å². The van der Waals surface area contributed by atoms with E-state index in [4.69, 9.17) is 27.9 Å². The molecule has 2 saturated heterocycles. The van der Waals surface area contributed by atoms with Crippen molar-refractivity contribution >= 4 is 52.4 Å². The fraction of sp³-hybridized carbons (Fsp3) is 0.450. The van der Waals surface area contributed by atoms with Crippen molar-refractivity contribution in [3.05, 3.63) is 40.5 Å². The molecule has 3 heterocycles. The van der Waals surface area contributed by atoms with E-state index in [2.05, 4.69) is 19.8 Å². The van der Waals surface area contributed by atoms with E-state index < -0.39 is 0 Å². The summed E-state index contributed by atoms with van der Waals surface area (Å²) in [4.78, 5) is 27.8. The molecule has 2 aliphatic rings. The topological polar surface area (TPSA) is 61.8 Å². The summed E-state index contributed by atoms with van der Waals surface area (Å²) < 4.78 is 5.39. The van der Waals surface area contributed by atoms with Crippen molar-refractivity contribution < 1.29 is 9.53 Å². The molecule has 30 heavy (non-hydrogen) atoms. The summed E-state index contributed by atoms with van der Waals surface area (Å²) in [5, 5.41) is 1.63. The Bertz CT molecular complexity index is 889. The molecular formula is C20H23Cl2N5O2S. The number of hydrogen-bond acceptors (Lipinski definition) is 7. The van der Waals surface area contributed by atoms with Gasteiger partial charge in [0.1, 0.15) is 11.0 Å². The van der Waals surface area contributed by atoms with E-state index in [9.17, 15) is 4.79 Å². The van der Waals surface area contributed by atoms with Gasteiger partial charge in [-0.05, 0) is 18.2 Å². The summed E-state index contributed by atoms with van der Waals surface area (Å²) in [6, 6.07) is 9.57. The lowest BCUT2D eigenvalue weighted by molar-refractivity contribution is -0.128. The number of carbonyl (C=O) groups excluding carboxylic acids is 1. The predicted molar refractivity (Wildman–Crippen MR) is 121 cm³/mol. The Morgan fingerprint density at radius 1 is 1.00 bits per heavy atom. The average Bonchev–Trinajstić information content (AvgIpc) is 2.78. The van der Waals surface area contributed by atoms with Crippen molar-refractivity contribution in [2.75, 3.05) is 68.0 Å². The van der Waals surface area contributed by atoms with Gasteiger partial charge in [-0.3, -0.25) is 4.79 Å². The summed E-state index contributed by atoms with van der Waals surface area (Å²) in [5.41, 5.74) is 1.09. The number of benzene rings is 1. The third-order valence-electron chi connectivity index (χ3n) is 5.13. The van der Waals surface area contributed by atoms with Crippen LogP contribution >= 0.6 is 35.0 Å². The highest BCUT2D eigenvalue weighted by Crippen LogP contribution is 2.24. The van der Waals surface area contributed by atoms with Gasteiger partial charge in [-0.2, -0.15) is 0 Å². The number of hydrogen-bond donors (Lipinski definition) is 0. The average molecular weight is 468 g/mol. The number of morpholine rings is 1. The van der Waals surface area contributed by atoms with Gasteiger partial charge in [0.15, 0.2) is 5.16 Å². The molecule has 0 atom stereocenters. The van der Waals surface area contributed by atoms with Gasteiger partial charge in [0.05, 0.1) is 19.0 Å². The quantitative estimate of drug-likeness (QED) is 0.380. The molecule has 0 N–H and O–H groups in total. The monoisotopic (exact) mass is 467 g/mol. The highest BCUT2D eigenvalue weighted by atomic mass is 35.5. The highest BCUT2D eigenvalue weighted by Gasteiger charge is 2.22. The molecule has 1 aromatic carbocycles. The minimum absolute atomic E-state index is 0.0854. The summed E-state index contributed by atoms with van der Waals surface area (Å²) in [7, 11) is 0. The number of thioether (sulfide) groups is 1. The van der Waals surface area contributed by atoms with Crippen LogP contribution in [0, 0.1) is 0 Å². The van der Waals surface area contributed by atoms with Gasteiger partial charge < -0.3 is 19.4 Å². The minimum Gasteiger partial charge on any atom is -0.378 e. The Balaban J connectivity index is 1.30. The molecule has 0 spiro atoms. The maximum absolute atomic E-state index is 12.7. The number of carbonyl (C=O) groups is 1. The number of piperazine rings is 1. The first-order chi connectivity index (χ1) is 14.6. The van der Waals surface area contributed by atoms with Crippen molar-refractivity contribution in [3.8, 4) is 0 Å². The SMILES string of the molecule is O=C(CSc1nc(Cl)cc(N2CCOCC2)n1)N1CCN(c2cccc(Cl)c2)CC1. The Labute approximate surface area is 190 Å². The van der Waals surface area contributed by atoms with Crippen LogP contribution in [0.5, 0.6) is 0 Å². The summed E-state index contributed by atoms with van der Waals surface area (Å²) in [5.74, 6) is 1.16. The summed E-state index contributed by atoms with van der Waals surface area (Å²) in [6.07, 6.45) is 0. The lowest BCUT2D eigenvalue weighted by atomic mass is 10.2. The maximum atomic E-state index is 12.7. The molecule has 0 radical (unpaired) electrons. The Morgan fingerprint density at radius 3 is 2.50 bits per heavy atom. The van der Waals surface area contributed by atoms with Gasteiger partial charge in [0.2, 0.25) is 5.91 Å². The molecule has 7 nitrogen and oxygen atoms in total. The highest BCUT2D eigenvalue weighted by molar-refractivity contribution is 7.99. The molecule has 2 aromatic rings. The first kappa shape index (κ1) is 21.5. The summed E-state index contributed by atoms with van der Waals surface area (Å²) >= 11 is 13.6. The second-order valence-corrected chi connectivity index (χ2v) is 8.83. The van der Waals surface area contributed by atoms with Gasteiger partial charge in [0.25, 0.3) is 0 Å². The van der Waals surface area contributed by atoms with Crippen molar-refractivity contribution in [3.63, 3.8) is 0 Å². The lowest BCUT2D eigenvalue weighted by Crippen LogP contribution is -2.49. The fourth-order valence-electron chi connectivity index (χ4n) is 3.51. The number of ether oxygens (including phenoxy) is 1. The zero-order chi connectivity index (χ0) is 20.9. The summed E-state index contributed by atoms with van der Waals surface area (Å²) in [6.45, 7) is 5.81. The van der Waals surface area contributed by atoms with E-state index in [-0.39, 0.29) is 5.91 Å². The third kappa shape index (κ3) is 5.49. The smallest absolute Gasteiger partial charge is 0.233 e. The van der Waals surface area contributed by atoms with E-state index in [0.717, 1.165) is 42.7 Å². The Kier molecular flexibility index (Phi) is 7.20. The standard InChI is InChI=1S/C20H23Cl2N5O2S/c21-15-2-1-3-16(12-15)25-4-6-27(7-5-25)19(28)14-30-20-23-17(22)13-18(24-20)26-8-10-29-11-9-26/h1-3,12-13H,4-11,14H2. The third-order valence-corrected chi connectivity index (χ3v) is 6.39. The minimum atomic E-state index is 0.0854. The van der Waals surface area contributed by atoms with Crippen LogP contribution < -0.4 is 9.80 Å². The number of anilines is 2. The predicted octanol–water partition coefficient (Wildman–Crippen LogP) is 3.06. The van der Waals surface area contributed by atoms with Crippen LogP contribution in [-0.2, 0) is 9.53 Å². The van der Waals surface area contributed by atoms with Crippen molar-refractivity contribution in [1.82, 2.24) is 14.9 Å². The van der Waals surface area contributed by atoms with Gasteiger partial charge in [-0.15, -0.1) is 0 Å². The zero-order valence-corrected chi connectivity index (χ0v) is 18.8. The number of aromatic nitrogens is 2. The van der Waals surface area contributed by atoms with Crippen LogP contribution in [0.3, 0.4) is 0 Å². The van der Waals surface area contributed by atoms with Crippen LogP contribution in [0.1, 0.15) is 0 Å². The molecular weight excluding hydrogens is 445 g/mol. The normalized spacial score (nSPS) is 17.3. The van der Waals surface area contributed by atoms with E-state index in [1.165, 1.54) is 11.8 Å². The molecule has 1 aromatic heterocycles. The first-order valence-electron chi connectivity index (χ1n) is 9.87. The molecule has 0 unspecified atom stereocenters. The second kappa shape index (κ2) is 10.0. The molecule has 10 heteroatoms. The molecule has 160 valence electrons. The number of nitrogens with zero attached hydrogens (tertiary/aromatic N) is 5. The van der Waals surface area contributed by atoms with Crippen LogP contribution in [0.15, 0.2) is 35.5 Å². The molecule has 4 rings (SSSR count). The molecule has 0 saturated carbocycles. The van der Waals surface area contributed by atoms with Gasteiger partial charge in [0, 0.05) is 56.0 Å². The second-order valence-electron chi connectivity index (χ2n) is 7.07. The zero-order valence-electron chi connectivity index (χ0n) is 16.5. The number of halogens is 2. The van der Waals surface area contributed by atoms with E-state index in [0.29, 0.717) is 42.4 Å². The van der Waals surface area contributed by atoms with Gasteiger partial charge in [-0.1, -0.05) is 41.0 Å². The van der Waals surface area contributed by atoms with Crippen LogP contribution in [0.25, 0.3) is 0 Å².